The Morgan fingerprint density at radius 3 is 2.88 bits per heavy atom. The zero-order chi connectivity index (χ0) is 11.4. The van der Waals surface area contributed by atoms with E-state index in [1.165, 1.54) is 15.3 Å². The molecule has 16 heavy (non-hydrogen) atoms. The molecule has 2 rings (SSSR count). The standard InChI is InChI=1S/C12H17N3S/c1-10-7-14-15(9-10)6-5-13-8-12-4-3-11(2)16-12/h3-4,7,9,13H,5-6,8H2,1-2H3. The maximum atomic E-state index is 4.24. The molecular weight excluding hydrogens is 218 g/mol. The largest absolute Gasteiger partial charge is 0.310 e. The van der Waals surface area contributed by atoms with Gasteiger partial charge in [0.05, 0.1) is 12.7 Å². The van der Waals surface area contributed by atoms with Crippen LogP contribution in [0.5, 0.6) is 0 Å². The highest BCUT2D eigenvalue weighted by Gasteiger charge is 1.97. The maximum absolute atomic E-state index is 4.24. The van der Waals surface area contributed by atoms with Crippen molar-refractivity contribution < 1.29 is 0 Å². The number of hydrogen-bond acceptors (Lipinski definition) is 3. The molecule has 0 aliphatic carbocycles. The first-order chi connectivity index (χ1) is 7.74. The molecule has 0 aromatic carbocycles. The van der Waals surface area contributed by atoms with E-state index in [2.05, 4.69) is 42.6 Å². The summed E-state index contributed by atoms with van der Waals surface area (Å²) in [4.78, 5) is 2.77. The molecule has 0 spiro atoms. The summed E-state index contributed by atoms with van der Waals surface area (Å²) in [5.41, 5.74) is 1.22. The molecule has 0 aliphatic rings. The van der Waals surface area contributed by atoms with E-state index >= 15 is 0 Å². The normalized spacial score (nSPS) is 10.9. The molecule has 0 saturated heterocycles. The Balaban J connectivity index is 1.69. The first-order valence-electron chi connectivity index (χ1n) is 5.49. The summed E-state index contributed by atoms with van der Waals surface area (Å²) in [5.74, 6) is 0. The molecule has 0 radical (unpaired) electrons. The SMILES string of the molecule is Cc1cnn(CCNCc2ccc(C)s2)c1. The summed E-state index contributed by atoms with van der Waals surface area (Å²) in [6, 6.07) is 4.35. The molecule has 1 N–H and O–H groups in total. The Bertz CT molecular complexity index is 402. The predicted molar refractivity (Wildman–Crippen MR) is 67.7 cm³/mol. The fourth-order valence-electron chi connectivity index (χ4n) is 1.57. The summed E-state index contributed by atoms with van der Waals surface area (Å²) < 4.78 is 1.97. The van der Waals surface area contributed by atoms with Crippen LogP contribution in [0.2, 0.25) is 0 Å². The predicted octanol–water partition coefficient (Wildman–Crippen LogP) is 2.35. The lowest BCUT2D eigenvalue weighted by molar-refractivity contribution is 0.556. The van der Waals surface area contributed by atoms with Crippen LogP contribution in [0.1, 0.15) is 15.3 Å². The van der Waals surface area contributed by atoms with Gasteiger partial charge in [0, 0.05) is 29.0 Å². The Morgan fingerprint density at radius 1 is 1.38 bits per heavy atom. The average Bonchev–Trinajstić information content (AvgIpc) is 2.83. The molecule has 0 unspecified atom stereocenters. The molecule has 4 heteroatoms. The lowest BCUT2D eigenvalue weighted by Crippen LogP contribution is -2.19. The third-order valence-corrected chi connectivity index (χ3v) is 3.38. The van der Waals surface area contributed by atoms with Crippen molar-refractivity contribution in [3.63, 3.8) is 0 Å². The van der Waals surface area contributed by atoms with E-state index in [1.54, 1.807) is 0 Å². The molecular formula is C12H17N3S. The molecule has 0 fully saturated rings. The van der Waals surface area contributed by atoms with Gasteiger partial charge in [-0.05, 0) is 31.5 Å². The van der Waals surface area contributed by atoms with Crippen LogP contribution in [0.4, 0.5) is 0 Å². The van der Waals surface area contributed by atoms with Crippen LogP contribution in [-0.2, 0) is 13.1 Å². The number of aryl methyl sites for hydroxylation is 2. The quantitative estimate of drug-likeness (QED) is 0.806. The van der Waals surface area contributed by atoms with E-state index in [0.717, 1.165) is 19.6 Å². The summed E-state index contributed by atoms with van der Waals surface area (Å²) in [7, 11) is 0. The van der Waals surface area contributed by atoms with E-state index in [0.29, 0.717) is 0 Å². The van der Waals surface area contributed by atoms with Crippen LogP contribution < -0.4 is 5.32 Å². The summed E-state index contributed by atoms with van der Waals surface area (Å²) in [5, 5.41) is 7.67. The highest BCUT2D eigenvalue weighted by atomic mass is 32.1. The van der Waals surface area contributed by atoms with E-state index < -0.39 is 0 Å². The van der Waals surface area contributed by atoms with Crippen molar-refractivity contribution in [3.8, 4) is 0 Å². The van der Waals surface area contributed by atoms with Crippen molar-refractivity contribution in [2.45, 2.75) is 26.9 Å². The smallest absolute Gasteiger partial charge is 0.0534 e. The number of hydrogen-bond donors (Lipinski definition) is 1. The van der Waals surface area contributed by atoms with Gasteiger partial charge in [0.25, 0.3) is 0 Å². The minimum Gasteiger partial charge on any atom is -0.310 e. The first-order valence-corrected chi connectivity index (χ1v) is 6.31. The minimum absolute atomic E-state index is 0.929. The van der Waals surface area contributed by atoms with E-state index in [-0.39, 0.29) is 0 Å². The van der Waals surface area contributed by atoms with Gasteiger partial charge < -0.3 is 5.32 Å². The van der Waals surface area contributed by atoms with Crippen molar-refractivity contribution in [2.75, 3.05) is 6.54 Å². The van der Waals surface area contributed by atoms with Gasteiger partial charge in [-0.15, -0.1) is 11.3 Å². The zero-order valence-electron chi connectivity index (χ0n) is 9.73. The summed E-state index contributed by atoms with van der Waals surface area (Å²) >= 11 is 1.85. The average molecular weight is 235 g/mol. The number of nitrogens with one attached hydrogen (secondary N) is 1. The topological polar surface area (TPSA) is 29.9 Å². The molecule has 2 aromatic heterocycles. The van der Waals surface area contributed by atoms with Gasteiger partial charge >= 0.3 is 0 Å². The van der Waals surface area contributed by atoms with Crippen LogP contribution >= 0.6 is 11.3 Å². The molecule has 2 heterocycles. The molecule has 0 amide bonds. The molecule has 0 atom stereocenters. The highest BCUT2D eigenvalue weighted by molar-refractivity contribution is 7.11. The van der Waals surface area contributed by atoms with Crippen molar-refractivity contribution in [3.05, 3.63) is 39.8 Å². The Labute approximate surface area is 100 Å². The van der Waals surface area contributed by atoms with Crippen LogP contribution in [0, 0.1) is 13.8 Å². The van der Waals surface area contributed by atoms with Gasteiger partial charge in [0.15, 0.2) is 0 Å². The lowest BCUT2D eigenvalue weighted by Gasteiger charge is -2.03. The Kier molecular flexibility index (Phi) is 3.74. The van der Waals surface area contributed by atoms with Gasteiger partial charge in [-0.25, -0.2) is 0 Å². The van der Waals surface area contributed by atoms with Crippen LogP contribution in [0.3, 0.4) is 0 Å². The molecule has 3 nitrogen and oxygen atoms in total. The second-order valence-electron chi connectivity index (χ2n) is 3.97. The Morgan fingerprint density at radius 2 is 2.25 bits per heavy atom. The second-order valence-corrected chi connectivity index (χ2v) is 5.34. The van der Waals surface area contributed by atoms with Crippen LogP contribution in [-0.4, -0.2) is 16.3 Å². The van der Waals surface area contributed by atoms with Gasteiger partial charge in [-0.1, -0.05) is 0 Å². The number of nitrogens with zero attached hydrogens (tertiary/aromatic N) is 2. The van der Waals surface area contributed by atoms with E-state index in [9.17, 15) is 0 Å². The van der Waals surface area contributed by atoms with Gasteiger partial charge in [-0.3, -0.25) is 4.68 Å². The van der Waals surface area contributed by atoms with Crippen molar-refractivity contribution in [1.29, 1.82) is 0 Å². The van der Waals surface area contributed by atoms with Crippen molar-refractivity contribution in [2.24, 2.45) is 0 Å². The minimum atomic E-state index is 0.929. The molecule has 2 aromatic rings. The third-order valence-electron chi connectivity index (χ3n) is 2.38. The monoisotopic (exact) mass is 235 g/mol. The molecule has 86 valence electrons. The number of aromatic nitrogens is 2. The Hall–Kier alpha value is -1.13. The van der Waals surface area contributed by atoms with Crippen molar-refractivity contribution in [1.82, 2.24) is 15.1 Å². The lowest BCUT2D eigenvalue weighted by atomic mass is 10.4. The fraction of sp³-hybridized carbons (Fsp3) is 0.417. The molecule has 0 bridgehead atoms. The van der Waals surface area contributed by atoms with Crippen molar-refractivity contribution >= 4 is 11.3 Å². The van der Waals surface area contributed by atoms with E-state index in [1.807, 2.05) is 22.2 Å². The zero-order valence-corrected chi connectivity index (χ0v) is 10.5. The molecule has 0 aliphatic heterocycles. The van der Waals surface area contributed by atoms with Gasteiger partial charge in [0.2, 0.25) is 0 Å². The number of rotatable bonds is 5. The third kappa shape index (κ3) is 3.18. The second kappa shape index (κ2) is 5.27. The van der Waals surface area contributed by atoms with Gasteiger partial charge in [-0.2, -0.15) is 5.10 Å². The highest BCUT2D eigenvalue weighted by Crippen LogP contribution is 2.14. The summed E-state index contributed by atoms with van der Waals surface area (Å²) in [6.07, 6.45) is 3.96. The van der Waals surface area contributed by atoms with Gasteiger partial charge in [0.1, 0.15) is 0 Å². The maximum Gasteiger partial charge on any atom is 0.0534 e. The fourth-order valence-corrected chi connectivity index (χ4v) is 2.43. The first kappa shape index (κ1) is 11.4. The number of thiophene rings is 1. The van der Waals surface area contributed by atoms with E-state index in [4.69, 9.17) is 0 Å². The molecule has 0 saturated carbocycles. The van der Waals surface area contributed by atoms with Crippen LogP contribution in [0.25, 0.3) is 0 Å². The summed E-state index contributed by atoms with van der Waals surface area (Å²) in [6.45, 7) is 7.04. The van der Waals surface area contributed by atoms with Crippen LogP contribution in [0.15, 0.2) is 24.5 Å².